The number of benzene rings is 1. The maximum absolute atomic E-state index is 12.6. The fourth-order valence-electron chi connectivity index (χ4n) is 4.13. The summed E-state index contributed by atoms with van der Waals surface area (Å²) in [6.07, 6.45) is 5.84. The summed E-state index contributed by atoms with van der Waals surface area (Å²) < 4.78 is 5.70. The minimum Gasteiger partial charge on any atom is -0.492 e. The molecule has 2 bridgehead atoms. The van der Waals surface area contributed by atoms with E-state index >= 15 is 0 Å². The molecule has 0 aliphatic carbocycles. The van der Waals surface area contributed by atoms with E-state index in [1.165, 1.54) is 0 Å². The van der Waals surface area contributed by atoms with Crippen LogP contribution >= 0.6 is 11.6 Å². The summed E-state index contributed by atoms with van der Waals surface area (Å²) in [6.45, 7) is 0.392. The molecule has 1 unspecified atom stereocenters. The molecule has 1 N–H and O–H groups in total. The third-order valence-corrected chi connectivity index (χ3v) is 5.51. The molecule has 4 rings (SSSR count). The van der Waals surface area contributed by atoms with E-state index in [1.807, 2.05) is 17.0 Å². The van der Waals surface area contributed by atoms with Crippen molar-refractivity contribution in [1.82, 2.24) is 10.2 Å². The van der Waals surface area contributed by atoms with Crippen LogP contribution in [0.2, 0.25) is 5.02 Å². The van der Waals surface area contributed by atoms with Crippen LogP contribution in [0.15, 0.2) is 18.2 Å². The number of hydrogen-bond donors (Lipinski definition) is 1. The number of fused-ring (bicyclic) bond motifs is 3. The number of carbonyl (C=O) groups excluding carboxylic acids is 1. The Hall–Kier alpha value is -1.93. The standard InChI is InChI=1S/C17H18ClN3O2/c18-12-1-4-16-10(6-12)5-11(8-23-16)17(22)20-14-7-13-2-3-15(14)21(13)9-19/h1,4,6,11,13-15H,2-3,5,7-8H2,(H,20,22)/t11?,13-,14+,15+/m0/s1. The molecule has 3 aliphatic rings. The zero-order chi connectivity index (χ0) is 16.0. The second-order valence-corrected chi connectivity index (χ2v) is 7.06. The van der Waals surface area contributed by atoms with Gasteiger partial charge in [0.15, 0.2) is 6.19 Å². The summed E-state index contributed by atoms with van der Waals surface area (Å²) in [5.74, 6) is 0.635. The van der Waals surface area contributed by atoms with Crippen molar-refractivity contribution in [1.29, 1.82) is 5.26 Å². The van der Waals surface area contributed by atoms with Crippen molar-refractivity contribution in [2.45, 2.75) is 43.8 Å². The summed E-state index contributed by atoms with van der Waals surface area (Å²) in [6, 6.07) is 6.07. The third kappa shape index (κ3) is 2.51. The van der Waals surface area contributed by atoms with Crippen LogP contribution in [0.3, 0.4) is 0 Å². The van der Waals surface area contributed by atoms with Gasteiger partial charge in [0.25, 0.3) is 0 Å². The van der Waals surface area contributed by atoms with Crippen LogP contribution in [-0.2, 0) is 11.2 Å². The molecule has 1 aromatic rings. The predicted octanol–water partition coefficient (Wildman–Crippen LogP) is 2.09. The largest absolute Gasteiger partial charge is 0.492 e. The van der Waals surface area contributed by atoms with Crippen LogP contribution in [0.1, 0.15) is 24.8 Å². The van der Waals surface area contributed by atoms with E-state index in [0.717, 1.165) is 30.6 Å². The highest BCUT2D eigenvalue weighted by atomic mass is 35.5. The second-order valence-electron chi connectivity index (χ2n) is 6.62. The molecule has 6 heteroatoms. The van der Waals surface area contributed by atoms with Gasteiger partial charge in [0, 0.05) is 11.1 Å². The Morgan fingerprint density at radius 1 is 1.43 bits per heavy atom. The Kier molecular flexibility index (Phi) is 3.57. The number of halogens is 1. The molecular weight excluding hydrogens is 314 g/mol. The quantitative estimate of drug-likeness (QED) is 0.843. The van der Waals surface area contributed by atoms with Crippen LogP contribution in [0.5, 0.6) is 5.75 Å². The third-order valence-electron chi connectivity index (χ3n) is 5.28. The van der Waals surface area contributed by atoms with Gasteiger partial charge in [-0.2, -0.15) is 5.26 Å². The topological polar surface area (TPSA) is 65.4 Å². The first-order valence-electron chi connectivity index (χ1n) is 8.05. The minimum atomic E-state index is -0.198. The Labute approximate surface area is 140 Å². The monoisotopic (exact) mass is 331 g/mol. The maximum Gasteiger partial charge on any atom is 0.227 e. The van der Waals surface area contributed by atoms with Crippen molar-refractivity contribution in [2.75, 3.05) is 6.61 Å². The first-order chi connectivity index (χ1) is 11.2. The Balaban J connectivity index is 1.42. The Morgan fingerprint density at radius 2 is 2.30 bits per heavy atom. The Morgan fingerprint density at radius 3 is 3.09 bits per heavy atom. The van der Waals surface area contributed by atoms with E-state index in [0.29, 0.717) is 24.1 Å². The number of carbonyl (C=O) groups is 1. The fraction of sp³-hybridized carbons (Fsp3) is 0.529. The van der Waals surface area contributed by atoms with E-state index in [4.69, 9.17) is 16.3 Å². The molecule has 0 radical (unpaired) electrons. The summed E-state index contributed by atoms with van der Waals surface area (Å²) in [4.78, 5) is 14.5. The summed E-state index contributed by atoms with van der Waals surface area (Å²) in [5.41, 5.74) is 0.982. The van der Waals surface area contributed by atoms with Crippen LogP contribution in [-0.4, -0.2) is 35.5 Å². The number of amides is 1. The minimum absolute atomic E-state index is 0.0195. The van der Waals surface area contributed by atoms with Gasteiger partial charge >= 0.3 is 0 Å². The zero-order valence-electron chi connectivity index (χ0n) is 12.7. The van der Waals surface area contributed by atoms with Gasteiger partial charge in [0.2, 0.25) is 5.91 Å². The number of ether oxygens (including phenoxy) is 1. The molecule has 1 amide bonds. The van der Waals surface area contributed by atoms with Crippen LogP contribution < -0.4 is 10.1 Å². The van der Waals surface area contributed by atoms with Gasteiger partial charge in [0.1, 0.15) is 12.4 Å². The maximum atomic E-state index is 12.6. The molecule has 2 fully saturated rings. The molecule has 0 aromatic heterocycles. The first-order valence-corrected chi connectivity index (χ1v) is 8.43. The van der Waals surface area contributed by atoms with E-state index in [2.05, 4.69) is 11.5 Å². The molecule has 120 valence electrons. The first kappa shape index (κ1) is 14.6. The van der Waals surface area contributed by atoms with E-state index in [-0.39, 0.29) is 23.9 Å². The molecule has 5 nitrogen and oxygen atoms in total. The molecule has 0 spiro atoms. The second kappa shape index (κ2) is 5.61. The predicted molar refractivity (Wildman–Crippen MR) is 85.0 cm³/mol. The summed E-state index contributed by atoms with van der Waals surface area (Å²) in [5, 5.41) is 13.0. The average Bonchev–Trinajstić information content (AvgIpc) is 3.10. The van der Waals surface area contributed by atoms with Gasteiger partial charge < -0.3 is 15.0 Å². The van der Waals surface area contributed by atoms with Gasteiger partial charge in [-0.3, -0.25) is 4.79 Å². The Bertz CT molecular complexity index is 687. The number of rotatable bonds is 2. The van der Waals surface area contributed by atoms with Crippen molar-refractivity contribution in [2.24, 2.45) is 5.92 Å². The highest BCUT2D eigenvalue weighted by Crippen LogP contribution is 2.37. The number of nitrogens with zero attached hydrogens (tertiary/aromatic N) is 2. The van der Waals surface area contributed by atoms with Gasteiger partial charge in [-0.05, 0) is 49.4 Å². The van der Waals surface area contributed by atoms with Crippen molar-refractivity contribution in [3.8, 4) is 11.9 Å². The van der Waals surface area contributed by atoms with Crippen molar-refractivity contribution >= 4 is 17.5 Å². The lowest BCUT2D eigenvalue weighted by Gasteiger charge is -2.28. The zero-order valence-corrected chi connectivity index (χ0v) is 13.4. The molecule has 23 heavy (non-hydrogen) atoms. The molecule has 3 heterocycles. The molecular formula is C17H18ClN3O2. The number of hydrogen-bond acceptors (Lipinski definition) is 4. The lowest BCUT2D eigenvalue weighted by atomic mass is 9.92. The van der Waals surface area contributed by atoms with Crippen LogP contribution in [0, 0.1) is 17.4 Å². The molecule has 3 aliphatic heterocycles. The summed E-state index contributed by atoms with van der Waals surface area (Å²) in [7, 11) is 0. The van der Waals surface area contributed by atoms with Crippen molar-refractivity contribution in [3.05, 3.63) is 28.8 Å². The van der Waals surface area contributed by atoms with E-state index < -0.39 is 0 Å². The van der Waals surface area contributed by atoms with Gasteiger partial charge in [0.05, 0.1) is 18.0 Å². The fourth-order valence-corrected chi connectivity index (χ4v) is 4.33. The van der Waals surface area contributed by atoms with Gasteiger partial charge in [-0.25, -0.2) is 0 Å². The van der Waals surface area contributed by atoms with Crippen molar-refractivity contribution < 1.29 is 9.53 Å². The van der Waals surface area contributed by atoms with Crippen LogP contribution in [0.25, 0.3) is 0 Å². The summed E-state index contributed by atoms with van der Waals surface area (Å²) >= 11 is 6.02. The molecule has 2 saturated heterocycles. The van der Waals surface area contributed by atoms with Gasteiger partial charge in [-0.15, -0.1) is 0 Å². The number of nitriles is 1. The smallest absolute Gasteiger partial charge is 0.227 e. The normalized spacial score (nSPS) is 31.2. The highest BCUT2D eigenvalue weighted by molar-refractivity contribution is 6.30. The molecule has 4 atom stereocenters. The van der Waals surface area contributed by atoms with E-state index in [9.17, 15) is 10.1 Å². The lowest BCUT2D eigenvalue weighted by molar-refractivity contribution is -0.127. The lowest BCUT2D eigenvalue weighted by Crippen LogP contribution is -2.47. The molecule has 0 saturated carbocycles. The average molecular weight is 332 g/mol. The molecule has 1 aromatic carbocycles. The van der Waals surface area contributed by atoms with Crippen molar-refractivity contribution in [3.63, 3.8) is 0 Å². The SMILES string of the molecule is N#CN1[C@H]2CC[C@@H]1[C@H](NC(=O)C1COc3ccc(Cl)cc3C1)C2. The highest BCUT2D eigenvalue weighted by Gasteiger charge is 2.47. The van der Waals surface area contributed by atoms with Crippen LogP contribution in [0.4, 0.5) is 0 Å². The number of nitrogens with one attached hydrogen (secondary N) is 1. The van der Waals surface area contributed by atoms with Gasteiger partial charge in [-0.1, -0.05) is 11.6 Å². The van der Waals surface area contributed by atoms with E-state index in [1.54, 1.807) is 6.07 Å².